The largest absolute Gasteiger partial charge is 0.491 e. The van der Waals surface area contributed by atoms with Crippen molar-refractivity contribution in [3.8, 4) is 16.9 Å². The monoisotopic (exact) mass is 340 g/mol. The number of benzene rings is 2. The van der Waals surface area contributed by atoms with Crippen molar-refractivity contribution in [2.75, 3.05) is 45.9 Å². The molecule has 4 heteroatoms. The zero-order valence-corrected chi connectivity index (χ0v) is 15.0. The van der Waals surface area contributed by atoms with Crippen molar-refractivity contribution in [1.29, 1.82) is 0 Å². The molecule has 0 spiro atoms. The third-order valence-corrected chi connectivity index (χ3v) is 4.78. The summed E-state index contributed by atoms with van der Waals surface area (Å²) in [6.07, 6.45) is -0.457. The standard InChI is InChI=1S/C21H28N2O2/c1-2-22-12-14-23(15-13-22)16-20(24)17-25-21-10-8-19(9-11-21)18-6-4-3-5-7-18/h3-11,20,24H,2,12-17H2,1H3/t20-/m1/s1. The van der Waals surface area contributed by atoms with Crippen molar-refractivity contribution in [2.45, 2.75) is 13.0 Å². The molecule has 2 aromatic carbocycles. The maximum Gasteiger partial charge on any atom is 0.119 e. The Morgan fingerprint density at radius 1 is 0.880 bits per heavy atom. The molecule has 1 aliphatic rings. The molecule has 1 N–H and O–H groups in total. The number of ether oxygens (including phenoxy) is 1. The predicted molar refractivity (Wildman–Crippen MR) is 102 cm³/mol. The van der Waals surface area contributed by atoms with Crippen LogP contribution in [0.4, 0.5) is 0 Å². The molecule has 4 nitrogen and oxygen atoms in total. The number of nitrogens with zero attached hydrogens (tertiary/aromatic N) is 2. The molecular weight excluding hydrogens is 312 g/mol. The van der Waals surface area contributed by atoms with Crippen molar-refractivity contribution in [3.05, 3.63) is 54.6 Å². The maximum atomic E-state index is 10.2. The van der Waals surface area contributed by atoms with E-state index in [1.54, 1.807) is 0 Å². The number of piperazine rings is 1. The summed E-state index contributed by atoms with van der Waals surface area (Å²) in [7, 11) is 0. The predicted octanol–water partition coefficient (Wildman–Crippen LogP) is 2.73. The summed E-state index contributed by atoms with van der Waals surface area (Å²) in [6.45, 7) is 8.54. The minimum atomic E-state index is -0.457. The topological polar surface area (TPSA) is 35.9 Å². The minimum absolute atomic E-state index is 0.332. The van der Waals surface area contributed by atoms with Gasteiger partial charge in [0.1, 0.15) is 18.5 Å². The minimum Gasteiger partial charge on any atom is -0.491 e. The van der Waals surface area contributed by atoms with E-state index in [0.717, 1.165) is 38.5 Å². The van der Waals surface area contributed by atoms with Crippen LogP contribution >= 0.6 is 0 Å². The normalized spacial score (nSPS) is 17.4. The maximum absolute atomic E-state index is 10.2. The number of aliphatic hydroxyl groups excluding tert-OH is 1. The van der Waals surface area contributed by atoms with Gasteiger partial charge in [-0.3, -0.25) is 4.90 Å². The Hall–Kier alpha value is -1.88. The Morgan fingerprint density at radius 2 is 1.48 bits per heavy atom. The molecule has 0 bridgehead atoms. The van der Waals surface area contributed by atoms with E-state index in [1.165, 1.54) is 11.1 Å². The van der Waals surface area contributed by atoms with Gasteiger partial charge in [-0.25, -0.2) is 0 Å². The van der Waals surface area contributed by atoms with Gasteiger partial charge in [-0.2, -0.15) is 0 Å². The van der Waals surface area contributed by atoms with Crippen LogP contribution in [0.2, 0.25) is 0 Å². The number of β-amino-alcohol motifs (C(OH)–C–C–N with tert-alkyl or cyclic N) is 1. The third-order valence-electron chi connectivity index (χ3n) is 4.78. The summed E-state index contributed by atoms with van der Waals surface area (Å²) in [5.41, 5.74) is 2.36. The lowest BCUT2D eigenvalue weighted by Gasteiger charge is -2.34. The first-order valence-corrected chi connectivity index (χ1v) is 9.15. The SMILES string of the molecule is CCN1CCN(C[C@@H](O)COc2ccc(-c3ccccc3)cc2)CC1. The molecule has 134 valence electrons. The Balaban J connectivity index is 1.44. The molecule has 1 atom stereocenters. The van der Waals surface area contributed by atoms with Crippen LogP contribution in [0.15, 0.2) is 54.6 Å². The highest BCUT2D eigenvalue weighted by Gasteiger charge is 2.18. The average molecular weight is 340 g/mol. The number of hydrogen-bond acceptors (Lipinski definition) is 4. The van der Waals surface area contributed by atoms with E-state index >= 15 is 0 Å². The molecule has 1 aliphatic heterocycles. The first-order valence-electron chi connectivity index (χ1n) is 9.15. The number of hydrogen-bond donors (Lipinski definition) is 1. The summed E-state index contributed by atoms with van der Waals surface area (Å²) in [5, 5.41) is 10.2. The van der Waals surface area contributed by atoms with Crippen molar-refractivity contribution >= 4 is 0 Å². The highest BCUT2D eigenvalue weighted by Crippen LogP contribution is 2.22. The summed E-state index contributed by atoms with van der Waals surface area (Å²) < 4.78 is 5.76. The summed E-state index contributed by atoms with van der Waals surface area (Å²) in [4.78, 5) is 4.76. The molecule has 0 radical (unpaired) electrons. The van der Waals surface area contributed by atoms with Crippen molar-refractivity contribution in [1.82, 2.24) is 9.80 Å². The molecule has 25 heavy (non-hydrogen) atoms. The van der Waals surface area contributed by atoms with Gasteiger partial charge in [-0.05, 0) is 29.8 Å². The summed E-state index contributed by atoms with van der Waals surface area (Å²) in [6, 6.07) is 18.3. The number of rotatable bonds is 7. The zero-order valence-electron chi connectivity index (χ0n) is 15.0. The molecule has 2 aromatic rings. The van der Waals surface area contributed by atoms with E-state index in [-0.39, 0.29) is 0 Å². The lowest BCUT2D eigenvalue weighted by atomic mass is 10.1. The van der Waals surface area contributed by atoms with Crippen LogP contribution in [0.25, 0.3) is 11.1 Å². The smallest absolute Gasteiger partial charge is 0.119 e. The van der Waals surface area contributed by atoms with Crippen LogP contribution in [0, 0.1) is 0 Å². The Labute approximate surface area is 150 Å². The van der Waals surface area contributed by atoms with Crippen LogP contribution in [0.3, 0.4) is 0 Å². The highest BCUT2D eigenvalue weighted by atomic mass is 16.5. The van der Waals surface area contributed by atoms with E-state index in [1.807, 2.05) is 30.3 Å². The molecular formula is C21H28N2O2. The fourth-order valence-corrected chi connectivity index (χ4v) is 3.21. The van der Waals surface area contributed by atoms with Crippen LogP contribution < -0.4 is 4.74 Å². The molecule has 0 saturated carbocycles. The fraction of sp³-hybridized carbons (Fsp3) is 0.429. The lowest BCUT2D eigenvalue weighted by molar-refractivity contribution is 0.0471. The first-order chi connectivity index (χ1) is 12.2. The molecule has 0 aliphatic carbocycles. The van der Waals surface area contributed by atoms with E-state index in [4.69, 9.17) is 4.74 Å². The van der Waals surface area contributed by atoms with Crippen LogP contribution in [0.1, 0.15) is 6.92 Å². The lowest BCUT2D eigenvalue weighted by Crippen LogP contribution is -2.49. The number of aliphatic hydroxyl groups is 1. The second kappa shape index (κ2) is 8.99. The summed E-state index contributed by atoms with van der Waals surface area (Å²) >= 11 is 0. The third kappa shape index (κ3) is 5.30. The second-order valence-electron chi connectivity index (χ2n) is 6.59. The van der Waals surface area contributed by atoms with Gasteiger partial charge in [-0.15, -0.1) is 0 Å². The van der Waals surface area contributed by atoms with E-state index in [2.05, 4.69) is 41.0 Å². The van der Waals surface area contributed by atoms with Crippen LogP contribution in [0.5, 0.6) is 5.75 Å². The molecule has 0 unspecified atom stereocenters. The molecule has 1 fully saturated rings. The molecule has 1 saturated heterocycles. The van der Waals surface area contributed by atoms with E-state index in [0.29, 0.717) is 13.2 Å². The average Bonchev–Trinajstić information content (AvgIpc) is 2.68. The summed E-state index contributed by atoms with van der Waals surface area (Å²) in [5.74, 6) is 0.800. The van der Waals surface area contributed by atoms with Gasteiger partial charge < -0.3 is 14.7 Å². The van der Waals surface area contributed by atoms with Gasteiger partial charge in [0, 0.05) is 32.7 Å². The second-order valence-corrected chi connectivity index (χ2v) is 6.59. The number of likely N-dealkylation sites (N-methyl/N-ethyl adjacent to an activating group) is 1. The first kappa shape index (κ1) is 17.9. The van der Waals surface area contributed by atoms with Crippen LogP contribution in [-0.2, 0) is 0 Å². The van der Waals surface area contributed by atoms with Crippen molar-refractivity contribution in [2.24, 2.45) is 0 Å². The van der Waals surface area contributed by atoms with E-state index < -0.39 is 6.10 Å². The highest BCUT2D eigenvalue weighted by molar-refractivity contribution is 5.63. The zero-order chi connectivity index (χ0) is 17.5. The van der Waals surface area contributed by atoms with Crippen molar-refractivity contribution in [3.63, 3.8) is 0 Å². The van der Waals surface area contributed by atoms with Gasteiger partial charge >= 0.3 is 0 Å². The quantitative estimate of drug-likeness (QED) is 0.841. The molecule has 0 aromatic heterocycles. The van der Waals surface area contributed by atoms with Gasteiger partial charge in [0.2, 0.25) is 0 Å². The van der Waals surface area contributed by atoms with Crippen molar-refractivity contribution < 1.29 is 9.84 Å². The molecule has 3 rings (SSSR count). The van der Waals surface area contributed by atoms with Crippen LogP contribution in [-0.4, -0.2) is 66.9 Å². The Morgan fingerprint density at radius 3 is 2.12 bits per heavy atom. The van der Waals surface area contributed by atoms with Gasteiger partial charge in [-0.1, -0.05) is 49.4 Å². The molecule has 1 heterocycles. The fourth-order valence-electron chi connectivity index (χ4n) is 3.21. The van der Waals surface area contributed by atoms with Gasteiger partial charge in [0.25, 0.3) is 0 Å². The molecule has 0 amide bonds. The van der Waals surface area contributed by atoms with Gasteiger partial charge in [0.15, 0.2) is 0 Å². The van der Waals surface area contributed by atoms with Gasteiger partial charge in [0.05, 0.1) is 0 Å². The Bertz CT molecular complexity index is 622. The van der Waals surface area contributed by atoms with E-state index in [9.17, 15) is 5.11 Å². The Kier molecular flexibility index (Phi) is 6.45.